The van der Waals surface area contributed by atoms with Crippen LogP contribution < -0.4 is 5.32 Å². The molecule has 7 nitrogen and oxygen atoms in total. The van der Waals surface area contributed by atoms with Crippen molar-refractivity contribution in [2.45, 2.75) is 13.3 Å². The zero-order valence-electron chi connectivity index (χ0n) is 14.4. The number of rotatable bonds is 6. The Kier molecular flexibility index (Phi) is 5.23. The van der Waals surface area contributed by atoms with Gasteiger partial charge in [0.25, 0.3) is 5.69 Å². The summed E-state index contributed by atoms with van der Waals surface area (Å²) in [4.78, 5) is 38.0. The minimum atomic E-state index is -0.580. The van der Waals surface area contributed by atoms with Crippen molar-refractivity contribution in [3.63, 3.8) is 0 Å². The predicted molar refractivity (Wildman–Crippen MR) is 102 cm³/mol. The summed E-state index contributed by atoms with van der Waals surface area (Å²) in [5.41, 5.74) is 1.35. The van der Waals surface area contributed by atoms with E-state index in [1.165, 1.54) is 25.1 Å². The number of para-hydroxylation sites is 1. The quantitative estimate of drug-likeness (QED) is 0.384. The third-order valence-corrected chi connectivity index (χ3v) is 4.42. The van der Waals surface area contributed by atoms with Gasteiger partial charge in [-0.25, -0.2) is 0 Å². The van der Waals surface area contributed by atoms with Crippen molar-refractivity contribution in [1.29, 1.82) is 0 Å². The van der Waals surface area contributed by atoms with E-state index in [0.29, 0.717) is 29.1 Å². The summed E-state index contributed by atoms with van der Waals surface area (Å²) in [6.45, 7) is 1.73. The first-order chi connectivity index (χ1) is 12.9. The number of halogens is 1. The molecular weight excluding hydrogens is 370 g/mol. The Balaban J connectivity index is 2.11. The number of nitro groups is 1. The van der Waals surface area contributed by atoms with Gasteiger partial charge in [0.2, 0.25) is 11.7 Å². The van der Waals surface area contributed by atoms with Crippen molar-refractivity contribution in [3.8, 4) is 0 Å². The number of hydrogen-bond donors (Lipinski definition) is 2. The van der Waals surface area contributed by atoms with Crippen LogP contribution in [0.1, 0.15) is 28.5 Å². The van der Waals surface area contributed by atoms with Gasteiger partial charge < -0.3 is 10.3 Å². The normalized spacial score (nSPS) is 10.7. The molecule has 2 N–H and O–H groups in total. The molecule has 0 spiro atoms. The monoisotopic (exact) mass is 385 g/mol. The molecule has 0 aliphatic carbocycles. The van der Waals surface area contributed by atoms with Crippen molar-refractivity contribution in [2.24, 2.45) is 0 Å². The maximum absolute atomic E-state index is 13.1. The molecule has 2 aromatic carbocycles. The zero-order chi connectivity index (χ0) is 19.6. The van der Waals surface area contributed by atoms with Crippen molar-refractivity contribution in [2.75, 3.05) is 6.54 Å². The zero-order valence-corrected chi connectivity index (χ0v) is 15.2. The van der Waals surface area contributed by atoms with Gasteiger partial charge in [-0.1, -0.05) is 23.7 Å². The fourth-order valence-electron chi connectivity index (χ4n) is 3.00. The summed E-state index contributed by atoms with van der Waals surface area (Å²) >= 11 is 6.09. The molecule has 27 heavy (non-hydrogen) atoms. The van der Waals surface area contributed by atoms with E-state index in [0.717, 1.165) is 5.39 Å². The number of benzene rings is 2. The molecule has 1 amide bonds. The maximum Gasteiger partial charge on any atom is 0.280 e. The Hall–Kier alpha value is -3.19. The molecular formula is C19H16ClN3O4. The Bertz CT molecular complexity index is 1060. The van der Waals surface area contributed by atoms with E-state index in [-0.39, 0.29) is 22.9 Å². The van der Waals surface area contributed by atoms with E-state index < -0.39 is 10.7 Å². The molecule has 0 aliphatic rings. The fraction of sp³-hybridized carbons (Fsp3) is 0.158. The van der Waals surface area contributed by atoms with E-state index in [4.69, 9.17) is 11.6 Å². The lowest BCUT2D eigenvalue weighted by Gasteiger charge is -2.06. The number of nitrogens with zero attached hydrogens (tertiary/aromatic N) is 1. The highest BCUT2D eigenvalue weighted by molar-refractivity contribution is 6.31. The lowest BCUT2D eigenvalue weighted by atomic mass is 10.00. The highest BCUT2D eigenvalue weighted by atomic mass is 35.5. The SMILES string of the molecule is CC(=O)NCCc1c(C(=O)c2ccccc2[N+](=O)[O-])[nH]c2ccc(Cl)cc12. The van der Waals surface area contributed by atoms with E-state index in [9.17, 15) is 19.7 Å². The number of nitro benzene ring substituents is 1. The molecule has 0 saturated carbocycles. The average molecular weight is 386 g/mol. The van der Waals surface area contributed by atoms with Crippen LogP contribution in [0.2, 0.25) is 5.02 Å². The van der Waals surface area contributed by atoms with Crippen LogP contribution in [0.25, 0.3) is 10.9 Å². The van der Waals surface area contributed by atoms with Crippen LogP contribution in [-0.4, -0.2) is 28.1 Å². The van der Waals surface area contributed by atoms with E-state index in [1.807, 2.05) is 0 Å². The van der Waals surface area contributed by atoms with Crippen LogP contribution in [0, 0.1) is 10.1 Å². The van der Waals surface area contributed by atoms with Gasteiger partial charge >= 0.3 is 0 Å². The molecule has 0 atom stereocenters. The minimum Gasteiger partial charge on any atom is -0.356 e. The third kappa shape index (κ3) is 3.83. The molecule has 0 radical (unpaired) electrons. The second-order valence-electron chi connectivity index (χ2n) is 6.00. The number of aromatic amines is 1. The first-order valence-electron chi connectivity index (χ1n) is 8.21. The summed E-state index contributed by atoms with van der Waals surface area (Å²) in [6, 6.07) is 11.0. The van der Waals surface area contributed by atoms with Crippen molar-refractivity contribution < 1.29 is 14.5 Å². The third-order valence-electron chi connectivity index (χ3n) is 4.19. The van der Waals surface area contributed by atoms with Crippen LogP contribution in [0.15, 0.2) is 42.5 Å². The number of amides is 1. The molecule has 8 heteroatoms. The van der Waals surface area contributed by atoms with Crippen molar-refractivity contribution in [3.05, 3.63) is 74.4 Å². The van der Waals surface area contributed by atoms with E-state index in [2.05, 4.69) is 10.3 Å². The number of H-pyrrole nitrogens is 1. The van der Waals surface area contributed by atoms with Crippen LogP contribution >= 0.6 is 11.6 Å². The first kappa shape index (κ1) is 18.6. The molecule has 0 unspecified atom stereocenters. The molecule has 0 aliphatic heterocycles. The van der Waals surface area contributed by atoms with Crippen LogP contribution in [0.5, 0.6) is 0 Å². The highest BCUT2D eigenvalue weighted by Gasteiger charge is 2.25. The highest BCUT2D eigenvalue weighted by Crippen LogP contribution is 2.29. The second-order valence-corrected chi connectivity index (χ2v) is 6.44. The molecule has 0 saturated heterocycles. The Morgan fingerprint density at radius 1 is 1.22 bits per heavy atom. The summed E-state index contributed by atoms with van der Waals surface area (Å²) in [5.74, 6) is -0.660. The maximum atomic E-state index is 13.1. The van der Waals surface area contributed by atoms with Gasteiger partial charge in [0, 0.05) is 35.5 Å². The van der Waals surface area contributed by atoms with Crippen LogP contribution in [-0.2, 0) is 11.2 Å². The predicted octanol–water partition coefficient (Wildman–Crippen LogP) is 3.64. The average Bonchev–Trinajstić information content (AvgIpc) is 2.98. The molecule has 3 aromatic rings. The molecule has 3 rings (SSSR count). The van der Waals surface area contributed by atoms with Crippen LogP contribution in [0.4, 0.5) is 5.69 Å². The second kappa shape index (κ2) is 7.59. The van der Waals surface area contributed by atoms with Gasteiger partial charge in [0.15, 0.2) is 0 Å². The molecule has 1 aromatic heterocycles. The molecule has 138 valence electrons. The van der Waals surface area contributed by atoms with Gasteiger partial charge in [-0.2, -0.15) is 0 Å². The van der Waals surface area contributed by atoms with Gasteiger partial charge in [-0.05, 0) is 36.2 Å². The Morgan fingerprint density at radius 3 is 2.67 bits per heavy atom. The number of hydrogen-bond acceptors (Lipinski definition) is 4. The molecule has 1 heterocycles. The Morgan fingerprint density at radius 2 is 1.96 bits per heavy atom. The number of aromatic nitrogens is 1. The fourth-order valence-corrected chi connectivity index (χ4v) is 3.17. The summed E-state index contributed by atoms with van der Waals surface area (Å²) < 4.78 is 0. The van der Waals surface area contributed by atoms with Gasteiger partial charge in [0.05, 0.1) is 10.6 Å². The first-order valence-corrected chi connectivity index (χ1v) is 8.59. The molecule has 0 bridgehead atoms. The topological polar surface area (TPSA) is 105 Å². The van der Waals surface area contributed by atoms with Crippen molar-refractivity contribution >= 4 is 39.9 Å². The number of carbonyl (C=O) groups excluding carboxylic acids is 2. The minimum absolute atomic E-state index is 0.000861. The van der Waals surface area contributed by atoms with Gasteiger partial charge in [-0.15, -0.1) is 0 Å². The van der Waals surface area contributed by atoms with Crippen LogP contribution in [0.3, 0.4) is 0 Å². The van der Waals surface area contributed by atoms with Crippen molar-refractivity contribution in [1.82, 2.24) is 10.3 Å². The summed E-state index contributed by atoms with van der Waals surface area (Å²) in [6.07, 6.45) is 0.377. The van der Waals surface area contributed by atoms with Gasteiger partial charge in [0.1, 0.15) is 5.56 Å². The van der Waals surface area contributed by atoms with E-state index >= 15 is 0 Å². The number of nitrogens with one attached hydrogen (secondary N) is 2. The number of fused-ring (bicyclic) bond motifs is 1. The standard InChI is InChI=1S/C19H16ClN3O4/c1-11(24)21-9-8-13-15-10-12(20)6-7-16(15)22-18(13)19(25)14-4-2-3-5-17(14)23(26)27/h2-7,10,22H,8-9H2,1H3,(H,21,24). The largest absolute Gasteiger partial charge is 0.356 e. The van der Waals surface area contributed by atoms with E-state index in [1.54, 1.807) is 24.3 Å². The number of carbonyl (C=O) groups is 2. The summed E-state index contributed by atoms with van der Waals surface area (Å²) in [7, 11) is 0. The summed E-state index contributed by atoms with van der Waals surface area (Å²) in [5, 5.41) is 15.2. The smallest absolute Gasteiger partial charge is 0.280 e. The van der Waals surface area contributed by atoms with Gasteiger partial charge in [-0.3, -0.25) is 19.7 Å². The number of ketones is 1. The lowest BCUT2D eigenvalue weighted by molar-refractivity contribution is -0.385. The Labute approximate surface area is 159 Å². The molecule has 0 fully saturated rings. The lowest BCUT2D eigenvalue weighted by Crippen LogP contribution is -2.23.